The lowest BCUT2D eigenvalue weighted by Crippen LogP contribution is -2.39. The number of sulfonamides is 2. The molecule has 0 saturated carbocycles. The maximum Gasteiger partial charge on any atom is 0.278 e. The van der Waals surface area contributed by atoms with Crippen LogP contribution in [0, 0.1) is 6.92 Å². The lowest BCUT2D eigenvalue weighted by Gasteiger charge is -2.25. The van der Waals surface area contributed by atoms with E-state index >= 15 is 0 Å². The van der Waals surface area contributed by atoms with Gasteiger partial charge < -0.3 is 0 Å². The Bertz CT molecular complexity index is 1560. The number of nitrogens with zero attached hydrogens (tertiary/aromatic N) is 2. The number of benzene rings is 3. The topological polar surface area (TPSA) is 111 Å². The van der Waals surface area contributed by atoms with Gasteiger partial charge in [-0.1, -0.05) is 54.1 Å². The first-order valence-corrected chi connectivity index (χ1v) is 14.3. The van der Waals surface area contributed by atoms with Crippen molar-refractivity contribution in [1.82, 2.24) is 3.97 Å². The minimum absolute atomic E-state index is 0.121. The van der Waals surface area contributed by atoms with Crippen molar-refractivity contribution >= 4 is 35.9 Å². The van der Waals surface area contributed by atoms with E-state index in [2.05, 4.69) is 0 Å². The van der Waals surface area contributed by atoms with Crippen LogP contribution in [0.25, 0.3) is 0 Å². The van der Waals surface area contributed by atoms with Crippen molar-refractivity contribution in [2.45, 2.75) is 21.6 Å². The molecule has 0 radical (unpaired) electrons. The van der Waals surface area contributed by atoms with Gasteiger partial charge in [0.05, 0.1) is 14.7 Å². The summed E-state index contributed by atoms with van der Waals surface area (Å²) in [6.45, 7) is 1.79. The summed E-state index contributed by atoms with van der Waals surface area (Å²) in [4.78, 5) is -0.741. The zero-order chi connectivity index (χ0) is 24.6. The molecule has 0 fully saturated rings. The summed E-state index contributed by atoms with van der Waals surface area (Å²) in [6.07, 6.45) is 1.11. The van der Waals surface area contributed by atoms with Crippen LogP contribution in [0.15, 0.2) is 118 Å². The van der Waals surface area contributed by atoms with Gasteiger partial charge in [0.1, 0.15) is 0 Å². The van der Waals surface area contributed by atoms with Crippen molar-refractivity contribution in [2.75, 3.05) is 3.71 Å². The van der Waals surface area contributed by atoms with E-state index in [0.717, 1.165) is 17.8 Å². The molecule has 176 valence electrons. The minimum Gasteiger partial charge on any atom is -0.225 e. The van der Waals surface area contributed by atoms with E-state index in [0.29, 0.717) is 3.97 Å². The van der Waals surface area contributed by atoms with Crippen LogP contribution in [0.5, 0.6) is 0 Å². The smallest absolute Gasteiger partial charge is 0.225 e. The molecule has 8 nitrogen and oxygen atoms in total. The highest BCUT2D eigenvalue weighted by molar-refractivity contribution is 8.10. The summed E-state index contributed by atoms with van der Waals surface area (Å²) >= 11 is 0. The van der Waals surface area contributed by atoms with Crippen molar-refractivity contribution in [3.63, 3.8) is 0 Å². The second-order valence-corrected chi connectivity index (χ2v) is 12.9. The van der Waals surface area contributed by atoms with E-state index in [1.807, 2.05) is 0 Å². The summed E-state index contributed by atoms with van der Waals surface area (Å²) in [5, 5.41) is 0. The number of anilines is 1. The summed E-state index contributed by atoms with van der Waals surface area (Å²) < 4.78 is 82.2. The molecule has 34 heavy (non-hydrogen) atoms. The summed E-state index contributed by atoms with van der Waals surface area (Å²) in [5.74, 6) is -0.562. The van der Waals surface area contributed by atoms with Crippen LogP contribution < -0.4 is 3.71 Å². The van der Waals surface area contributed by atoms with Gasteiger partial charge in [-0.15, -0.1) is 3.71 Å². The van der Waals surface area contributed by atoms with E-state index in [9.17, 15) is 25.3 Å². The van der Waals surface area contributed by atoms with E-state index in [-0.39, 0.29) is 18.4 Å². The second-order valence-electron chi connectivity index (χ2n) is 7.31. The molecule has 0 saturated heterocycles. The highest BCUT2D eigenvalue weighted by Gasteiger charge is 2.40. The lowest BCUT2D eigenvalue weighted by molar-refractivity contribution is 0.582. The molecule has 0 bridgehead atoms. The molecular weight excluding hydrogens is 496 g/mol. The van der Waals surface area contributed by atoms with Crippen molar-refractivity contribution in [1.29, 1.82) is 0 Å². The summed E-state index contributed by atoms with van der Waals surface area (Å²) in [7, 11) is -13.8. The van der Waals surface area contributed by atoms with Gasteiger partial charge in [0, 0.05) is 6.20 Å². The number of aryl methyl sites for hydroxylation is 1. The van der Waals surface area contributed by atoms with Gasteiger partial charge in [0.2, 0.25) is 0 Å². The largest absolute Gasteiger partial charge is 0.278 e. The molecule has 0 atom stereocenters. The number of hydrogen-bond donors (Lipinski definition) is 0. The molecule has 0 spiro atoms. The molecular formula is C23H20N2O6S3. The highest BCUT2D eigenvalue weighted by atomic mass is 32.3. The van der Waals surface area contributed by atoms with Gasteiger partial charge in [-0.05, 0) is 55.5 Å². The Labute approximate surface area is 198 Å². The van der Waals surface area contributed by atoms with Crippen molar-refractivity contribution in [3.8, 4) is 0 Å². The third kappa shape index (κ3) is 4.13. The van der Waals surface area contributed by atoms with Crippen LogP contribution in [-0.4, -0.2) is 29.2 Å². The quantitative estimate of drug-likeness (QED) is 0.371. The van der Waals surface area contributed by atoms with Gasteiger partial charge in [0.25, 0.3) is 30.1 Å². The number of rotatable bonds is 7. The fraction of sp³-hybridized carbons (Fsp3) is 0.0435. The fourth-order valence-electron chi connectivity index (χ4n) is 3.28. The van der Waals surface area contributed by atoms with Crippen molar-refractivity contribution in [3.05, 3.63) is 109 Å². The average Bonchev–Trinajstić information content (AvgIpc) is 3.30. The van der Waals surface area contributed by atoms with E-state index in [4.69, 9.17) is 0 Å². The minimum atomic E-state index is -4.74. The molecule has 0 aliphatic rings. The SMILES string of the molecule is Cc1ccc(S(=O)(=O)n2cccc2N(S(=O)(=O)c2ccccc2)S(=O)(=O)c2ccccc2)cc1. The average molecular weight is 517 g/mol. The molecule has 1 aromatic heterocycles. The molecule has 3 aromatic carbocycles. The van der Waals surface area contributed by atoms with Crippen molar-refractivity contribution < 1.29 is 25.3 Å². The first-order chi connectivity index (χ1) is 16.1. The van der Waals surface area contributed by atoms with E-state index in [1.54, 1.807) is 31.2 Å². The molecule has 0 amide bonds. The summed E-state index contributed by atoms with van der Waals surface area (Å²) in [5.41, 5.74) is 0.826. The Balaban J connectivity index is 1.99. The van der Waals surface area contributed by atoms with Crippen LogP contribution in [0.2, 0.25) is 0 Å². The fourth-order valence-corrected chi connectivity index (χ4v) is 8.43. The third-order valence-electron chi connectivity index (χ3n) is 4.98. The molecule has 1 heterocycles. The molecule has 11 heteroatoms. The monoisotopic (exact) mass is 516 g/mol. The molecule has 4 aromatic rings. The van der Waals surface area contributed by atoms with Gasteiger partial charge >= 0.3 is 0 Å². The van der Waals surface area contributed by atoms with Crippen LogP contribution >= 0.6 is 0 Å². The molecule has 0 aliphatic carbocycles. The maximum atomic E-state index is 13.6. The number of aromatic nitrogens is 1. The van der Waals surface area contributed by atoms with E-state index < -0.39 is 35.9 Å². The first kappa shape index (κ1) is 23.7. The lowest BCUT2D eigenvalue weighted by atomic mass is 10.2. The summed E-state index contributed by atoms with van der Waals surface area (Å²) in [6, 6.07) is 22.2. The molecule has 4 rings (SSSR count). The van der Waals surface area contributed by atoms with Gasteiger partial charge in [-0.2, -0.15) is 16.8 Å². The predicted octanol–water partition coefficient (Wildman–Crippen LogP) is 3.62. The van der Waals surface area contributed by atoms with Crippen LogP contribution in [-0.2, 0) is 30.1 Å². The highest BCUT2D eigenvalue weighted by Crippen LogP contribution is 2.33. The molecule has 0 unspecified atom stereocenters. The van der Waals surface area contributed by atoms with Gasteiger partial charge in [0.15, 0.2) is 5.82 Å². The Hall–Kier alpha value is -3.41. The Kier molecular flexibility index (Phi) is 6.11. The first-order valence-electron chi connectivity index (χ1n) is 9.96. The molecule has 0 N–H and O–H groups in total. The van der Waals surface area contributed by atoms with Crippen LogP contribution in [0.1, 0.15) is 5.56 Å². The Morgan fingerprint density at radius 2 is 1.03 bits per heavy atom. The zero-order valence-corrected chi connectivity index (χ0v) is 20.3. The van der Waals surface area contributed by atoms with E-state index in [1.165, 1.54) is 66.7 Å². The van der Waals surface area contributed by atoms with Crippen LogP contribution in [0.3, 0.4) is 0 Å². The van der Waals surface area contributed by atoms with Crippen LogP contribution in [0.4, 0.5) is 5.82 Å². The number of hydrogen-bond acceptors (Lipinski definition) is 6. The normalized spacial score (nSPS) is 12.4. The standard InChI is InChI=1S/C23H20N2O6S3/c1-19-14-16-22(17-15-19)32(26,27)24-18-8-13-23(24)25(33(28,29)20-9-4-2-5-10-20)34(30,31)21-11-6-3-7-12-21/h2-18H,1H3. The Morgan fingerprint density at radius 3 is 1.50 bits per heavy atom. The zero-order valence-electron chi connectivity index (χ0n) is 17.9. The Morgan fingerprint density at radius 1 is 0.559 bits per heavy atom. The van der Waals surface area contributed by atoms with Gasteiger partial charge in [-0.3, -0.25) is 0 Å². The molecule has 0 aliphatic heterocycles. The predicted molar refractivity (Wildman–Crippen MR) is 128 cm³/mol. The third-order valence-corrected chi connectivity index (χ3v) is 10.8. The maximum absolute atomic E-state index is 13.6. The van der Waals surface area contributed by atoms with Crippen molar-refractivity contribution in [2.24, 2.45) is 0 Å². The second kappa shape index (κ2) is 8.75. The van der Waals surface area contributed by atoms with Gasteiger partial charge in [-0.25, -0.2) is 12.4 Å².